The molecule has 0 spiro atoms. The van der Waals surface area contributed by atoms with Crippen molar-refractivity contribution in [2.45, 2.75) is 45.3 Å². The number of aryl methyl sites for hydroxylation is 1. The standard InChI is InChI=1S/C19H25N3O2/c1-15-3-5-16(6-4-15)13-22-11-9-18(7-8-19(22)23)21(2)14-17-10-12-24-20-17/h3-6,10,12,18H,7-9,11,13-14H2,1-2H3/t18-/m1/s1. The molecule has 2 aromatic rings. The van der Waals surface area contributed by atoms with Crippen molar-refractivity contribution in [3.8, 4) is 0 Å². The minimum absolute atomic E-state index is 0.257. The van der Waals surface area contributed by atoms with Gasteiger partial charge in [0.1, 0.15) is 6.26 Å². The molecule has 0 N–H and O–H groups in total. The van der Waals surface area contributed by atoms with Crippen molar-refractivity contribution >= 4 is 5.91 Å². The second-order valence-electron chi connectivity index (χ2n) is 6.69. The third-order valence-electron chi connectivity index (χ3n) is 4.80. The molecule has 128 valence electrons. The van der Waals surface area contributed by atoms with Gasteiger partial charge in [-0.25, -0.2) is 0 Å². The molecule has 1 saturated heterocycles. The average Bonchev–Trinajstić information content (AvgIpc) is 3.01. The molecule has 1 aliphatic rings. The van der Waals surface area contributed by atoms with Gasteiger partial charge in [-0.3, -0.25) is 9.69 Å². The monoisotopic (exact) mass is 327 g/mol. The van der Waals surface area contributed by atoms with Gasteiger partial charge in [-0.2, -0.15) is 0 Å². The molecule has 0 unspecified atom stereocenters. The van der Waals surface area contributed by atoms with Gasteiger partial charge in [-0.05, 0) is 32.4 Å². The second kappa shape index (κ2) is 7.62. The highest BCUT2D eigenvalue weighted by atomic mass is 16.5. The molecule has 1 atom stereocenters. The van der Waals surface area contributed by atoms with E-state index in [2.05, 4.69) is 48.3 Å². The van der Waals surface area contributed by atoms with E-state index in [4.69, 9.17) is 4.52 Å². The third-order valence-corrected chi connectivity index (χ3v) is 4.80. The summed E-state index contributed by atoms with van der Waals surface area (Å²) in [5.41, 5.74) is 3.38. The van der Waals surface area contributed by atoms with Crippen molar-refractivity contribution in [1.29, 1.82) is 0 Å². The zero-order chi connectivity index (χ0) is 16.9. The summed E-state index contributed by atoms with van der Waals surface area (Å²) in [5, 5.41) is 3.97. The van der Waals surface area contributed by atoms with E-state index in [0.29, 0.717) is 19.0 Å². The molecule has 1 fully saturated rings. The van der Waals surface area contributed by atoms with E-state index >= 15 is 0 Å². The molecule has 0 aliphatic carbocycles. The lowest BCUT2D eigenvalue weighted by molar-refractivity contribution is -0.131. The number of hydrogen-bond donors (Lipinski definition) is 0. The number of amides is 1. The van der Waals surface area contributed by atoms with Crippen LogP contribution in [0.5, 0.6) is 0 Å². The summed E-state index contributed by atoms with van der Waals surface area (Å²) in [7, 11) is 2.10. The van der Waals surface area contributed by atoms with E-state index in [1.54, 1.807) is 6.26 Å². The van der Waals surface area contributed by atoms with Crippen LogP contribution in [-0.4, -0.2) is 40.5 Å². The Bertz CT molecular complexity index is 652. The molecule has 24 heavy (non-hydrogen) atoms. The van der Waals surface area contributed by atoms with Gasteiger partial charge in [-0.15, -0.1) is 0 Å². The van der Waals surface area contributed by atoms with Crippen molar-refractivity contribution in [2.75, 3.05) is 13.6 Å². The molecule has 0 bridgehead atoms. The summed E-state index contributed by atoms with van der Waals surface area (Å²) in [6, 6.07) is 10.7. The molecule has 2 heterocycles. The van der Waals surface area contributed by atoms with E-state index in [-0.39, 0.29) is 5.91 Å². The molecular weight excluding hydrogens is 302 g/mol. The molecule has 5 heteroatoms. The van der Waals surface area contributed by atoms with Crippen LogP contribution in [0.2, 0.25) is 0 Å². The van der Waals surface area contributed by atoms with Crippen LogP contribution in [-0.2, 0) is 17.9 Å². The molecule has 1 aromatic heterocycles. The fraction of sp³-hybridized carbons (Fsp3) is 0.474. The smallest absolute Gasteiger partial charge is 0.222 e. The Kier molecular flexibility index (Phi) is 5.30. The maximum Gasteiger partial charge on any atom is 0.222 e. The van der Waals surface area contributed by atoms with Crippen LogP contribution in [0.4, 0.5) is 0 Å². The van der Waals surface area contributed by atoms with Gasteiger partial charge in [0.2, 0.25) is 5.91 Å². The molecule has 0 saturated carbocycles. The van der Waals surface area contributed by atoms with E-state index in [1.807, 2.05) is 11.0 Å². The fourth-order valence-corrected chi connectivity index (χ4v) is 3.25. The highest BCUT2D eigenvalue weighted by Crippen LogP contribution is 2.20. The lowest BCUT2D eigenvalue weighted by atomic mass is 10.1. The van der Waals surface area contributed by atoms with E-state index in [0.717, 1.165) is 31.6 Å². The Balaban J connectivity index is 1.58. The lowest BCUT2D eigenvalue weighted by Gasteiger charge is -2.26. The maximum absolute atomic E-state index is 12.5. The van der Waals surface area contributed by atoms with Crippen molar-refractivity contribution < 1.29 is 9.32 Å². The lowest BCUT2D eigenvalue weighted by Crippen LogP contribution is -2.33. The zero-order valence-corrected chi connectivity index (χ0v) is 14.4. The molecule has 1 amide bonds. The number of likely N-dealkylation sites (tertiary alicyclic amines) is 1. The Morgan fingerprint density at radius 1 is 1.25 bits per heavy atom. The molecule has 5 nitrogen and oxygen atoms in total. The zero-order valence-electron chi connectivity index (χ0n) is 14.4. The minimum Gasteiger partial charge on any atom is -0.364 e. The quantitative estimate of drug-likeness (QED) is 0.847. The van der Waals surface area contributed by atoms with Crippen LogP contribution in [0.25, 0.3) is 0 Å². The number of aromatic nitrogens is 1. The minimum atomic E-state index is 0.257. The number of hydrogen-bond acceptors (Lipinski definition) is 4. The van der Waals surface area contributed by atoms with E-state index in [1.165, 1.54) is 11.1 Å². The number of benzene rings is 1. The summed E-state index contributed by atoms with van der Waals surface area (Å²) in [6.07, 6.45) is 4.10. The predicted molar refractivity (Wildman–Crippen MR) is 92.2 cm³/mol. The average molecular weight is 327 g/mol. The summed E-state index contributed by atoms with van der Waals surface area (Å²) in [4.78, 5) is 16.7. The summed E-state index contributed by atoms with van der Waals surface area (Å²) in [5.74, 6) is 0.257. The summed E-state index contributed by atoms with van der Waals surface area (Å²) < 4.78 is 4.90. The van der Waals surface area contributed by atoms with Gasteiger partial charge in [0.25, 0.3) is 0 Å². The van der Waals surface area contributed by atoms with Crippen molar-refractivity contribution in [1.82, 2.24) is 15.0 Å². The van der Waals surface area contributed by atoms with Gasteiger partial charge in [-0.1, -0.05) is 35.0 Å². The molecular formula is C19H25N3O2. The van der Waals surface area contributed by atoms with Crippen molar-refractivity contribution in [3.05, 3.63) is 53.4 Å². The fourth-order valence-electron chi connectivity index (χ4n) is 3.25. The SMILES string of the molecule is Cc1ccc(CN2CC[C@H](N(C)Cc3ccon3)CCC2=O)cc1. The Hall–Kier alpha value is -2.14. The third kappa shape index (κ3) is 4.23. The van der Waals surface area contributed by atoms with Gasteiger partial charge in [0, 0.05) is 38.2 Å². The van der Waals surface area contributed by atoms with Gasteiger partial charge < -0.3 is 9.42 Å². The van der Waals surface area contributed by atoms with Crippen LogP contribution < -0.4 is 0 Å². The first-order valence-corrected chi connectivity index (χ1v) is 8.54. The Morgan fingerprint density at radius 3 is 2.75 bits per heavy atom. The molecule has 3 rings (SSSR count). The number of rotatable bonds is 5. The van der Waals surface area contributed by atoms with Crippen LogP contribution >= 0.6 is 0 Å². The molecule has 1 aliphatic heterocycles. The van der Waals surface area contributed by atoms with Crippen LogP contribution in [0.15, 0.2) is 41.1 Å². The van der Waals surface area contributed by atoms with Gasteiger partial charge in [0.05, 0.1) is 5.69 Å². The van der Waals surface area contributed by atoms with Crippen LogP contribution in [0.1, 0.15) is 36.1 Å². The van der Waals surface area contributed by atoms with Crippen LogP contribution in [0, 0.1) is 6.92 Å². The topological polar surface area (TPSA) is 49.6 Å². The molecule has 1 aromatic carbocycles. The first kappa shape index (κ1) is 16.7. The number of nitrogens with zero attached hydrogens (tertiary/aromatic N) is 3. The van der Waals surface area contributed by atoms with Crippen LogP contribution in [0.3, 0.4) is 0 Å². The highest BCUT2D eigenvalue weighted by molar-refractivity contribution is 5.76. The summed E-state index contributed by atoms with van der Waals surface area (Å²) >= 11 is 0. The Morgan fingerprint density at radius 2 is 2.04 bits per heavy atom. The van der Waals surface area contributed by atoms with Gasteiger partial charge in [0.15, 0.2) is 0 Å². The second-order valence-corrected chi connectivity index (χ2v) is 6.69. The maximum atomic E-state index is 12.5. The Labute approximate surface area is 143 Å². The number of carbonyl (C=O) groups excluding carboxylic acids is 1. The van der Waals surface area contributed by atoms with Crippen molar-refractivity contribution in [3.63, 3.8) is 0 Å². The van der Waals surface area contributed by atoms with Crippen molar-refractivity contribution in [2.24, 2.45) is 0 Å². The van der Waals surface area contributed by atoms with Gasteiger partial charge >= 0.3 is 0 Å². The first-order valence-electron chi connectivity index (χ1n) is 8.54. The normalized spacial score (nSPS) is 18.9. The number of carbonyl (C=O) groups is 1. The predicted octanol–water partition coefficient (Wildman–Crippen LogP) is 3.00. The van der Waals surface area contributed by atoms with E-state index < -0.39 is 0 Å². The first-order chi connectivity index (χ1) is 11.6. The van der Waals surface area contributed by atoms with E-state index in [9.17, 15) is 4.79 Å². The highest BCUT2D eigenvalue weighted by Gasteiger charge is 2.25. The summed E-state index contributed by atoms with van der Waals surface area (Å²) in [6.45, 7) is 4.35. The largest absolute Gasteiger partial charge is 0.364 e. The molecule has 0 radical (unpaired) electrons.